The van der Waals surface area contributed by atoms with E-state index >= 15 is 0 Å². The maximum atomic E-state index is 13.6. The van der Waals surface area contributed by atoms with E-state index in [-0.39, 0.29) is 23.8 Å². The number of hydrogen-bond donors (Lipinski definition) is 1. The fourth-order valence-corrected chi connectivity index (χ4v) is 4.59. The van der Waals surface area contributed by atoms with Crippen molar-refractivity contribution in [1.82, 2.24) is 4.90 Å². The van der Waals surface area contributed by atoms with Crippen molar-refractivity contribution in [1.29, 1.82) is 0 Å². The number of furan rings is 1. The van der Waals surface area contributed by atoms with Gasteiger partial charge in [0.1, 0.15) is 17.0 Å². The average molecular weight is 515 g/mol. The lowest BCUT2D eigenvalue weighted by atomic mass is 10.1. The molecule has 10 nitrogen and oxygen atoms in total. The van der Waals surface area contributed by atoms with Crippen molar-refractivity contribution in [2.24, 2.45) is 0 Å². The molecule has 2 heterocycles. The Bertz CT molecular complexity index is 1510. The molecule has 1 saturated heterocycles. The van der Waals surface area contributed by atoms with Gasteiger partial charge in [-0.15, -0.1) is 0 Å². The van der Waals surface area contributed by atoms with Gasteiger partial charge in [-0.1, -0.05) is 30.3 Å². The molecular formula is C28H26N4O6. The second kappa shape index (κ2) is 10.6. The summed E-state index contributed by atoms with van der Waals surface area (Å²) in [7, 11) is 1.63. The van der Waals surface area contributed by atoms with Crippen LogP contribution in [0.1, 0.15) is 16.1 Å². The lowest BCUT2D eigenvalue weighted by Gasteiger charge is -2.36. The molecule has 1 fully saturated rings. The lowest BCUT2D eigenvalue weighted by Crippen LogP contribution is -2.48. The maximum Gasteiger partial charge on any atom is 0.291 e. The van der Waals surface area contributed by atoms with E-state index in [0.717, 1.165) is 11.4 Å². The normalized spacial score (nSPS) is 13.4. The molecule has 10 heteroatoms. The molecule has 0 unspecified atom stereocenters. The summed E-state index contributed by atoms with van der Waals surface area (Å²) in [6.45, 7) is 2.23. The topological polar surface area (TPSA) is 118 Å². The highest BCUT2D eigenvalue weighted by Gasteiger charge is 2.29. The van der Waals surface area contributed by atoms with Crippen molar-refractivity contribution < 1.29 is 23.7 Å². The lowest BCUT2D eigenvalue weighted by molar-refractivity contribution is -0.384. The van der Waals surface area contributed by atoms with Crippen LogP contribution in [0.25, 0.3) is 11.0 Å². The number of carbonyl (C=O) groups is 2. The van der Waals surface area contributed by atoms with E-state index in [9.17, 15) is 19.7 Å². The van der Waals surface area contributed by atoms with Crippen LogP contribution >= 0.6 is 0 Å². The maximum absolute atomic E-state index is 13.6. The molecule has 5 rings (SSSR count). The summed E-state index contributed by atoms with van der Waals surface area (Å²) in [5.41, 5.74) is 2.21. The standard InChI is InChI=1S/C28H26N4O6/c1-37-22-9-5-7-20(18-22)30-12-14-31(15-13-30)28(34)27-26(23-10-2-3-11-24(23)38-27)29-25(33)17-19-6-4-8-21(16-19)32(35)36/h2-11,16,18H,12-15,17H2,1H3,(H,29,33). The highest BCUT2D eigenvalue weighted by molar-refractivity contribution is 6.11. The smallest absolute Gasteiger partial charge is 0.291 e. The number of anilines is 2. The summed E-state index contributed by atoms with van der Waals surface area (Å²) in [5.74, 6) is 0.119. The minimum Gasteiger partial charge on any atom is -0.497 e. The van der Waals surface area contributed by atoms with Gasteiger partial charge in [0.2, 0.25) is 11.7 Å². The summed E-state index contributed by atoms with van der Waals surface area (Å²) >= 11 is 0. The summed E-state index contributed by atoms with van der Waals surface area (Å²) in [6.07, 6.45) is -0.0893. The number of amides is 2. The fraction of sp³-hybridized carbons (Fsp3) is 0.214. The highest BCUT2D eigenvalue weighted by Crippen LogP contribution is 2.32. The van der Waals surface area contributed by atoms with Crippen LogP contribution in [-0.2, 0) is 11.2 Å². The molecule has 1 aliphatic heterocycles. The monoisotopic (exact) mass is 514 g/mol. The first-order chi connectivity index (χ1) is 18.4. The minimum absolute atomic E-state index is 0.0634. The number of nitrogens with one attached hydrogen (secondary N) is 1. The van der Waals surface area contributed by atoms with E-state index in [1.54, 1.807) is 42.3 Å². The first-order valence-corrected chi connectivity index (χ1v) is 12.2. The highest BCUT2D eigenvalue weighted by atomic mass is 16.6. The van der Waals surface area contributed by atoms with E-state index in [4.69, 9.17) is 9.15 Å². The minimum atomic E-state index is -0.504. The molecule has 194 valence electrons. The zero-order valence-electron chi connectivity index (χ0n) is 20.8. The first kappa shape index (κ1) is 24.8. The zero-order valence-corrected chi connectivity index (χ0v) is 20.8. The number of para-hydroxylation sites is 1. The molecule has 1 aromatic heterocycles. The zero-order chi connectivity index (χ0) is 26.6. The number of non-ortho nitro benzene ring substituents is 1. The van der Waals surface area contributed by atoms with Crippen LogP contribution in [0.3, 0.4) is 0 Å². The molecular weight excluding hydrogens is 488 g/mol. The van der Waals surface area contributed by atoms with E-state index < -0.39 is 10.8 Å². The summed E-state index contributed by atoms with van der Waals surface area (Å²) in [4.78, 5) is 41.0. The molecule has 4 aromatic rings. The van der Waals surface area contributed by atoms with Gasteiger partial charge >= 0.3 is 0 Å². The van der Waals surface area contributed by atoms with E-state index in [1.165, 1.54) is 18.2 Å². The van der Waals surface area contributed by atoms with Crippen molar-refractivity contribution in [2.45, 2.75) is 6.42 Å². The molecule has 0 radical (unpaired) electrons. The second-order valence-electron chi connectivity index (χ2n) is 8.94. The molecule has 0 spiro atoms. The van der Waals surface area contributed by atoms with Gasteiger partial charge in [0, 0.05) is 55.5 Å². The average Bonchev–Trinajstić information content (AvgIpc) is 3.31. The number of nitrogens with zero attached hydrogens (tertiary/aromatic N) is 3. The fourth-order valence-electron chi connectivity index (χ4n) is 4.59. The molecule has 0 atom stereocenters. The number of nitro groups is 1. The first-order valence-electron chi connectivity index (χ1n) is 12.2. The Hall–Kier alpha value is -4.86. The third kappa shape index (κ3) is 5.15. The molecule has 0 saturated carbocycles. The van der Waals surface area contributed by atoms with Crippen molar-refractivity contribution in [2.75, 3.05) is 43.5 Å². The Balaban J connectivity index is 1.33. The number of rotatable bonds is 7. The Morgan fingerprint density at radius 2 is 1.76 bits per heavy atom. The number of nitro benzene ring substituents is 1. The third-order valence-electron chi connectivity index (χ3n) is 6.53. The van der Waals surface area contributed by atoms with Gasteiger partial charge in [-0.2, -0.15) is 0 Å². The van der Waals surface area contributed by atoms with Gasteiger partial charge in [0.05, 0.1) is 18.5 Å². The number of fused-ring (bicyclic) bond motifs is 1. The molecule has 2 amide bonds. The van der Waals surface area contributed by atoms with Gasteiger partial charge in [0.15, 0.2) is 0 Å². The van der Waals surface area contributed by atoms with Gasteiger partial charge in [-0.05, 0) is 29.8 Å². The van der Waals surface area contributed by atoms with Gasteiger partial charge in [0.25, 0.3) is 11.6 Å². The SMILES string of the molecule is COc1cccc(N2CCN(C(=O)c3oc4ccccc4c3NC(=O)Cc3cccc([N+](=O)[O-])c3)CC2)c1. The Kier molecular flexibility index (Phi) is 6.94. The summed E-state index contributed by atoms with van der Waals surface area (Å²) < 4.78 is 11.3. The van der Waals surface area contributed by atoms with Crippen molar-refractivity contribution >= 4 is 39.8 Å². The number of methoxy groups -OCH3 is 1. The van der Waals surface area contributed by atoms with Crippen LogP contribution in [0.4, 0.5) is 17.1 Å². The van der Waals surface area contributed by atoms with E-state index in [0.29, 0.717) is 48.4 Å². The number of ether oxygens (including phenoxy) is 1. The summed E-state index contributed by atoms with van der Waals surface area (Å²) in [5, 5.41) is 14.5. The van der Waals surface area contributed by atoms with Crippen LogP contribution in [0.15, 0.2) is 77.2 Å². The quantitative estimate of drug-likeness (QED) is 0.285. The third-order valence-corrected chi connectivity index (χ3v) is 6.53. The number of piperazine rings is 1. The number of carbonyl (C=O) groups excluding carboxylic acids is 2. The van der Waals surface area contributed by atoms with Crippen LogP contribution in [-0.4, -0.2) is 54.9 Å². The van der Waals surface area contributed by atoms with E-state index in [1.807, 2.05) is 24.3 Å². The van der Waals surface area contributed by atoms with Crippen LogP contribution in [0.2, 0.25) is 0 Å². The van der Waals surface area contributed by atoms with Gasteiger partial charge in [-0.25, -0.2) is 0 Å². The number of hydrogen-bond acceptors (Lipinski definition) is 7. The van der Waals surface area contributed by atoms with Crippen molar-refractivity contribution in [3.05, 3.63) is 94.2 Å². The van der Waals surface area contributed by atoms with Gasteiger partial charge < -0.3 is 24.3 Å². The molecule has 1 N–H and O–H groups in total. The van der Waals surface area contributed by atoms with Gasteiger partial charge in [-0.3, -0.25) is 19.7 Å². The van der Waals surface area contributed by atoms with Crippen molar-refractivity contribution in [3.63, 3.8) is 0 Å². The van der Waals surface area contributed by atoms with E-state index in [2.05, 4.69) is 10.2 Å². The molecule has 1 aliphatic rings. The molecule has 0 bridgehead atoms. The second-order valence-corrected chi connectivity index (χ2v) is 8.94. The van der Waals surface area contributed by atoms with Crippen LogP contribution in [0.5, 0.6) is 5.75 Å². The summed E-state index contributed by atoms with van der Waals surface area (Å²) in [6, 6.07) is 20.8. The van der Waals surface area contributed by atoms with Crippen LogP contribution < -0.4 is 15.0 Å². The molecule has 0 aliphatic carbocycles. The Morgan fingerprint density at radius 3 is 2.53 bits per heavy atom. The molecule has 38 heavy (non-hydrogen) atoms. The largest absolute Gasteiger partial charge is 0.497 e. The number of benzene rings is 3. The Morgan fingerprint density at radius 1 is 1.00 bits per heavy atom. The molecule has 3 aromatic carbocycles. The van der Waals surface area contributed by atoms with Crippen LogP contribution in [0, 0.1) is 10.1 Å². The van der Waals surface area contributed by atoms with Crippen molar-refractivity contribution in [3.8, 4) is 5.75 Å². The predicted octanol–water partition coefficient (Wildman–Crippen LogP) is 4.49. The predicted molar refractivity (Wildman–Crippen MR) is 143 cm³/mol. The Labute approximate surface area is 218 Å².